The fourth-order valence-corrected chi connectivity index (χ4v) is 1.27. The first-order valence-corrected chi connectivity index (χ1v) is 5.33. The molecular formula is C12H18N3O2+. The average molecular weight is 236 g/mol. The maximum atomic E-state index is 11.7. The van der Waals surface area contributed by atoms with Crippen LogP contribution >= 0.6 is 0 Å². The molecule has 0 aliphatic heterocycles. The fourth-order valence-electron chi connectivity index (χ4n) is 1.27. The van der Waals surface area contributed by atoms with Crippen molar-refractivity contribution in [2.75, 3.05) is 19.4 Å². The molecule has 0 bridgehead atoms. The van der Waals surface area contributed by atoms with E-state index in [9.17, 15) is 4.79 Å². The number of amides is 1. The molecule has 4 N–H and O–H groups in total. The Bertz CT molecular complexity index is 410. The standard InChI is InChI=1S/C12H17N3O2/c1-9-4-6-10(7-5-9)13-12(16)11(14-17)8-15(2)3/h4-8,14,17H,1-3H3,(H,13,16)/p+1. The molecule has 1 aromatic rings. The molecule has 0 unspecified atom stereocenters. The van der Waals surface area contributed by atoms with Crippen molar-refractivity contribution in [1.29, 1.82) is 0 Å². The molecule has 0 spiro atoms. The molecule has 5 nitrogen and oxygen atoms in total. The minimum Gasteiger partial charge on any atom is -0.320 e. The SMILES string of the molecule is Cc1ccc(NC(=O)C(=C[NH+](C)C)NO)cc1. The fraction of sp³-hybridized carbons (Fsp3) is 0.250. The number of carbonyl (C=O) groups is 1. The maximum Gasteiger partial charge on any atom is 0.279 e. The van der Waals surface area contributed by atoms with Crippen molar-refractivity contribution < 1.29 is 14.9 Å². The quantitative estimate of drug-likeness (QED) is 0.436. The molecule has 0 saturated carbocycles. The van der Waals surface area contributed by atoms with Crippen molar-refractivity contribution in [3.05, 3.63) is 41.7 Å². The van der Waals surface area contributed by atoms with Crippen LogP contribution in [0.1, 0.15) is 5.56 Å². The van der Waals surface area contributed by atoms with Gasteiger partial charge in [0.15, 0.2) is 5.70 Å². The van der Waals surface area contributed by atoms with E-state index in [1.807, 2.05) is 50.8 Å². The monoisotopic (exact) mass is 236 g/mol. The van der Waals surface area contributed by atoms with Crippen LogP contribution < -0.4 is 15.7 Å². The van der Waals surface area contributed by atoms with Gasteiger partial charge in [0.05, 0.1) is 14.1 Å². The smallest absolute Gasteiger partial charge is 0.279 e. The molecular weight excluding hydrogens is 218 g/mol. The third-order valence-corrected chi connectivity index (χ3v) is 2.11. The predicted molar refractivity (Wildman–Crippen MR) is 65.6 cm³/mol. The van der Waals surface area contributed by atoms with Gasteiger partial charge in [-0.15, -0.1) is 0 Å². The molecule has 0 atom stereocenters. The first kappa shape index (κ1) is 13.2. The van der Waals surface area contributed by atoms with Crippen LogP contribution in [0, 0.1) is 6.92 Å². The number of nitrogens with one attached hydrogen (secondary N) is 3. The average Bonchev–Trinajstić information content (AvgIpc) is 2.28. The van der Waals surface area contributed by atoms with Gasteiger partial charge >= 0.3 is 0 Å². The summed E-state index contributed by atoms with van der Waals surface area (Å²) in [4.78, 5) is 12.7. The molecule has 0 aromatic heterocycles. The number of benzene rings is 1. The Hall–Kier alpha value is -1.85. The second kappa shape index (κ2) is 6.03. The molecule has 0 radical (unpaired) electrons. The lowest BCUT2D eigenvalue weighted by molar-refractivity contribution is -0.801. The Balaban J connectivity index is 2.74. The predicted octanol–water partition coefficient (Wildman–Crippen LogP) is -0.102. The molecule has 0 aliphatic rings. The number of anilines is 1. The van der Waals surface area contributed by atoms with Crippen molar-refractivity contribution in [2.45, 2.75) is 6.92 Å². The summed E-state index contributed by atoms with van der Waals surface area (Å²) >= 11 is 0. The van der Waals surface area contributed by atoms with Gasteiger partial charge in [-0.3, -0.25) is 15.5 Å². The summed E-state index contributed by atoms with van der Waals surface area (Å²) in [6, 6.07) is 7.43. The zero-order valence-electron chi connectivity index (χ0n) is 10.2. The summed E-state index contributed by atoms with van der Waals surface area (Å²) in [5.41, 5.74) is 3.82. The second-order valence-corrected chi connectivity index (χ2v) is 4.07. The van der Waals surface area contributed by atoms with Crippen LogP contribution in [0.3, 0.4) is 0 Å². The minimum absolute atomic E-state index is 0.116. The number of carbonyl (C=O) groups excluding carboxylic acids is 1. The number of hydrogen-bond acceptors (Lipinski definition) is 3. The highest BCUT2D eigenvalue weighted by atomic mass is 16.5. The molecule has 0 fully saturated rings. The van der Waals surface area contributed by atoms with E-state index in [0.29, 0.717) is 5.69 Å². The molecule has 1 aromatic carbocycles. The summed E-state index contributed by atoms with van der Waals surface area (Å²) < 4.78 is 0. The Morgan fingerprint density at radius 2 is 1.88 bits per heavy atom. The lowest BCUT2D eigenvalue weighted by Crippen LogP contribution is -3.00. The summed E-state index contributed by atoms with van der Waals surface area (Å²) in [6.07, 6.45) is 1.57. The molecule has 0 saturated heterocycles. The molecule has 17 heavy (non-hydrogen) atoms. The van der Waals surface area contributed by atoms with Crippen molar-refractivity contribution in [3.63, 3.8) is 0 Å². The van der Waals surface area contributed by atoms with E-state index >= 15 is 0 Å². The van der Waals surface area contributed by atoms with Gasteiger partial charge in [-0.1, -0.05) is 17.7 Å². The van der Waals surface area contributed by atoms with Crippen molar-refractivity contribution in [1.82, 2.24) is 5.48 Å². The van der Waals surface area contributed by atoms with E-state index in [1.165, 1.54) is 0 Å². The zero-order chi connectivity index (χ0) is 12.8. The van der Waals surface area contributed by atoms with Crippen LogP contribution in [0.15, 0.2) is 36.2 Å². The highest BCUT2D eigenvalue weighted by Crippen LogP contribution is 2.09. The number of aryl methyl sites for hydroxylation is 1. The van der Waals surface area contributed by atoms with Gasteiger partial charge in [0, 0.05) is 5.69 Å². The molecule has 1 rings (SSSR count). The van der Waals surface area contributed by atoms with Gasteiger partial charge in [0.1, 0.15) is 6.20 Å². The van der Waals surface area contributed by atoms with Crippen molar-refractivity contribution in [3.8, 4) is 0 Å². The Morgan fingerprint density at radius 1 is 1.29 bits per heavy atom. The summed E-state index contributed by atoms with van der Waals surface area (Å²) in [7, 11) is 3.69. The van der Waals surface area contributed by atoms with E-state index in [4.69, 9.17) is 5.21 Å². The van der Waals surface area contributed by atoms with Crippen LogP contribution in [0.2, 0.25) is 0 Å². The van der Waals surface area contributed by atoms with E-state index in [0.717, 1.165) is 10.5 Å². The third-order valence-electron chi connectivity index (χ3n) is 2.11. The number of rotatable bonds is 4. The highest BCUT2D eigenvalue weighted by Gasteiger charge is 2.11. The number of hydrogen-bond donors (Lipinski definition) is 4. The van der Waals surface area contributed by atoms with Crippen molar-refractivity contribution >= 4 is 11.6 Å². The lowest BCUT2D eigenvalue weighted by atomic mass is 10.2. The maximum absolute atomic E-state index is 11.7. The summed E-state index contributed by atoms with van der Waals surface area (Å²) in [5.74, 6) is -0.377. The Labute approximate surface area is 101 Å². The van der Waals surface area contributed by atoms with Crippen molar-refractivity contribution in [2.24, 2.45) is 0 Å². The highest BCUT2D eigenvalue weighted by molar-refractivity contribution is 6.02. The largest absolute Gasteiger partial charge is 0.320 e. The van der Waals surface area contributed by atoms with Crippen LogP contribution in [0.25, 0.3) is 0 Å². The first-order valence-electron chi connectivity index (χ1n) is 5.33. The molecule has 5 heteroatoms. The summed E-state index contributed by atoms with van der Waals surface area (Å²) in [5, 5.41) is 11.6. The van der Waals surface area contributed by atoms with Gasteiger partial charge in [0.2, 0.25) is 0 Å². The Morgan fingerprint density at radius 3 is 2.35 bits per heavy atom. The summed E-state index contributed by atoms with van der Waals surface area (Å²) in [6.45, 7) is 1.97. The second-order valence-electron chi connectivity index (χ2n) is 4.07. The van der Waals surface area contributed by atoms with Gasteiger partial charge in [-0.25, -0.2) is 0 Å². The van der Waals surface area contributed by atoms with Gasteiger partial charge in [0.25, 0.3) is 5.91 Å². The molecule has 1 amide bonds. The normalized spacial score (nSPS) is 11.5. The topological polar surface area (TPSA) is 65.8 Å². The van der Waals surface area contributed by atoms with Gasteiger partial charge < -0.3 is 10.2 Å². The van der Waals surface area contributed by atoms with E-state index in [2.05, 4.69) is 5.32 Å². The third kappa shape index (κ3) is 4.26. The molecule has 0 heterocycles. The van der Waals surface area contributed by atoms with Crippen LogP contribution in [-0.4, -0.2) is 25.2 Å². The zero-order valence-corrected chi connectivity index (χ0v) is 10.2. The van der Waals surface area contributed by atoms with Crippen LogP contribution in [-0.2, 0) is 4.79 Å². The van der Waals surface area contributed by atoms with Crippen LogP contribution in [0.4, 0.5) is 5.69 Å². The van der Waals surface area contributed by atoms with Crippen LogP contribution in [0.5, 0.6) is 0 Å². The molecule has 92 valence electrons. The lowest BCUT2D eigenvalue weighted by Gasteiger charge is -2.08. The van der Waals surface area contributed by atoms with E-state index in [1.54, 1.807) is 6.20 Å². The van der Waals surface area contributed by atoms with E-state index < -0.39 is 0 Å². The minimum atomic E-state index is -0.377. The van der Waals surface area contributed by atoms with Gasteiger partial charge in [-0.05, 0) is 19.1 Å². The van der Waals surface area contributed by atoms with E-state index in [-0.39, 0.29) is 11.6 Å². The Kier molecular flexibility index (Phi) is 4.68. The number of quaternary nitrogens is 1. The first-order chi connectivity index (χ1) is 8.02. The number of hydroxylamine groups is 1. The molecule has 0 aliphatic carbocycles. The van der Waals surface area contributed by atoms with Gasteiger partial charge in [-0.2, -0.15) is 0 Å².